The van der Waals surface area contributed by atoms with Crippen LogP contribution in [0, 0.1) is 13.5 Å². The summed E-state index contributed by atoms with van der Waals surface area (Å²) in [6.45, 7) is 10.7. The Kier molecular flexibility index (Phi) is 9.17. The van der Waals surface area contributed by atoms with E-state index in [4.69, 9.17) is 16.0 Å². The van der Waals surface area contributed by atoms with Crippen LogP contribution in [0.15, 0.2) is 97.1 Å². The minimum atomic E-state index is 0.662. The number of nitrogens with zero attached hydrogens (tertiary/aromatic N) is 1. The van der Waals surface area contributed by atoms with Crippen molar-refractivity contribution >= 4 is 5.69 Å². The molecule has 0 saturated heterocycles. The minimum Gasteiger partial charge on any atom is -0.494 e. The van der Waals surface area contributed by atoms with E-state index in [2.05, 4.69) is 72.4 Å². The largest absolute Gasteiger partial charge is 0.494 e. The average Bonchev–Trinajstić information content (AvgIpc) is 2.93. The number of hydrogen-bond donors (Lipinski definition) is 0. The van der Waals surface area contributed by atoms with Crippen molar-refractivity contribution in [1.82, 2.24) is 0 Å². The van der Waals surface area contributed by atoms with Gasteiger partial charge in [0.15, 0.2) is 5.69 Å². The predicted octanol–water partition coefficient (Wildman–Crippen LogP) is 9.29. The van der Waals surface area contributed by atoms with Crippen molar-refractivity contribution in [3.63, 3.8) is 0 Å². The molecule has 4 aromatic carbocycles. The lowest BCUT2D eigenvalue weighted by atomic mass is 10.0. The average molecular weight is 476 g/mol. The topological polar surface area (TPSA) is 22.8 Å². The molecule has 4 aromatic rings. The Morgan fingerprint density at radius 1 is 0.500 bits per heavy atom. The van der Waals surface area contributed by atoms with Gasteiger partial charge in [0.2, 0.25) is 0 Å². The maximum atomic E-state index is 7.05. The lowest BCUT2D eigenvalue weighted by Crippen LogP contribution is -1.99. The third-order valence-corrected chi connectivity index (χ3v) is 6.25. The second kappa shape index (κ2) is 13.2. The fourth-order valence-corrected chi connectivity index (χ4v) is 4.08. The second-order valence-electron chi connectivity index (χ2n) is 9.04. The normalized spacial score (nSPS) is 10.6. The van der Waals surface area contributed by atoms with Gasteiger partial charge in [-0.3, -0.25) is 0 Å². The lowest BCUT2D eigenvalue weighted by Gasteiger charge is -2.09. The van der Waals surface area contributed by atoms with Crippen LogP contribution >= 0.6 is 0 Å². The van der Waals surface area contributed by atoms with Gasteiger partial charge < -0.3 is 9.47 Å². The molecule has 0 amide bonds. The number of hydrogen-bond acceptors (Lipinski definition) is 2. The first-order valence-electron chi connectivity index (χ1n) is 12.7. The molecule has 0 bridgehead atoms. The van der Waals surface area contributed by atoms with E-state index in [0.29, 0.717) is 5.69 Å². The minimum absolute atomic E-state index is 0.662. The highest BCUT2D eigenvalue weighted by molar-refractivity contribution is 5.67. The summed E-state index contributed by atoms with van der Waals surface area (Å²) in [5.41, 5.74) is 6.62. The van der Waals surface area contributed by atoms with Crippen molar-refractivity contribution in [3.05, 3.63) is 114 Å². The van der Waals surface area contributed by atoms with Crippen molar-refractivity contribution in [3.8, 4) is 33.8 Å². The zero-order chi connectivity index (χ0) is 25.0. The molecule has 0 aliphatic heterocycles. The van der Waals surface area contributed by atoms with Gasteiger partial charge in [-0.15, -0.1) is 0 Å². The van der Waals surface area contributed by atoms with E-state index in [1.54, 1.807) is 0 Å². The van der Waals surface area contributed by atoms with E-state index in [9.17, 15) is 0 Å². The third-order valence-electron chi connectivity index (χ3n) is 6.25. The molecule has 0 fully saturated rings. The molecule has 0 aliphatic carbocycles. The molecular formula is C33H33NO2. The Bertz CT molecular complexity index is 1240. The Balaban J connectivity index is 1.06. The molecule has 0 aliphatic rings. The van der Waals surface area contributed by atoms with Gasteiger partial charge in [-0.2, -0.15) is 0 Å². The first kappa shape index (κ1) is 25.1. The van der Waals surface area contributed by atoms with Crippen molar-refractivity contribution < 1.29 is 9.47 Å². The van der Waals surface area contributed by atoms with E-state index < -0.39 is 0 Å². The quantitative estimate of drug-likeness (QED) is 0.150. The monoisotopic (exact) mass is 475 g/mol. The number of rotatable bonds is 12. The van der Waals surface area contributed by atoms with E-state index in [0.717, 1.165) is 55.1 Å². The van der Waals surface area contributed by atoms with Crippen LogP contribution in [-0.4, -0.2) is 13.2 Å². The fraction of sp³-hybridized carbons (Fsp3) is 0.242. The molecule has 0 radical (unpaired) electrons. The smallest absolute Gasteiger partial charge is 0.187 e. The van der Waals surface area contributed by atoms with Gasteiger partial charge in [0.05, 0.1) is 19.8 Å². The summed E-state index contributed by atoms with van der Waals surface area (Å²) in [4.78, 5) is 3.44. The molecule has 0 N–H and O–H groups in total. The van der Waals surface area contributed by atoms with Gasteiger partial charge in [-0.05, 0) is 66.3 Å². The molecular weight excluding hydrogens is 442 g/mol. The molecule has 4 rings (SSSR count). The molecule has 0 atom stereocenters. The summed E-state index contributed by atoms with van der Waals surface area (Å²) in [5.74, 6) is 1.84. The van der Waals surface area contributed by atoms with Gasteiger partial charge in [0.25, 0.3) is 0 Å². The first-order chi connectivity index (χ1) is 17.7. The molecule has 3 heteroatoms. The van der Waals surface area contributed by atoms with Crippen molar-refractivity contribution in [1.29, 1.82) is 0 Å². The predicted molar refractivity (Wildman–Crippen MR) is 149 cm³/mol. The summed E-state index contributed by atoms with van der Waals surface area (Å²) in [5, 5.41) is 0. The van der Waals surface area contributed by atoms with Gasteiger partial charge in [-0.1, -0.05) is 97.6 Å². The van der Waals surface area contributed by atoms with E-state index in [-0.39, 0.29) is 0 Å². The molecule has 3 nitrogen and oxygen atoms in total. The van der Waals surface area contributed by atoms with Gasteiger partial charge in [-0.25, -0.2) is 4.85 Å². The Morgan fingerprint density at radius 3 is 1.28 bits per heavy atom. The number of ether oxygens (including phenoxy) is 2. The van der Waals surface area contributed by atoms with Crippen LogP contribution in [0.1, 0.15) is 37.7 Å². The van der Waals surface area contributed by atoms with Crippen LogP contribution in [0.2, 0.25) is 0 Å². The van der Waals surface area contributed by atoms with Crippen molar-refractivity contribution in [2.75, 3.05) is 13.2 Å². The zero-order valence-corrected chi connectivity index (χ0v) is 21.0. The van der Waals surface area contributed by atoms with Gasteiger partial charge in [0, 0.05) is 0 Å². The maximum Gasteiger partial charge on any atom is 0.187 e. The van der Waals surface area contributed by atoms with E-state index >= 15 is 0 Å². The van der Waals surface area contributed by atoms with Crippen molar-refractivity contribution in [2.45, 2.75) is 39.0 Å². The second-order valence-corrected chi connectivity index (χ2v) is 9.04. The van der Waals surface area contributed by atoms with Crippen LogP contribution in [0.4, 0.5) is 5.69 Å². The number of benzene rings is 4. The zero-order valence-electron chi connectivity index (χ0n) is 21.0. The summed E-state index contributed by atoms with van der Waals surface area (Å²) < 4.78 is 11.8. The van der Waals surface area contributed by atoms with Crippen LogP contribution in [0.5, 0.6) is 11.5 Å². The molecule has 182 valence electrons. The third kappa shape index (κ3) is 7.48. The van der Waals surface area contributed by atoms with Gasteiger partial charge in [0.1, 0.15) is 11.5 Å². The molecule has 0 spiro atoms. The summed E-state index contributed by atoms with van der Waals surface area (Å²) in [6.07, 6.45) is 5.65. The SMILES string of the molecule is [C-]#[N+]c1ccc(-c2ccc(OCCCCCCCOc3ccc(-c4ccc(C)cc4)cc3)cc2)cc1. The number of unbranched alkanes of at least 4 members (excludes halogenated alkanes) is 4. The molecule has 0 saturated carbocycles. The van der Waals surface area contributed by atoms with Crippen LogP contribution in [0.25, 0.3) is 27.1 Å². The Labute approximate surface area is 215 Å². The highest BCUT2D eigenvalue weighted by Gasteiger charge is 2.01. The Morgan fingerprint density at radius 2 is 0.861 bits per heavy atom. The molecule has 0 unspecified atom stereocenters. The molecule has 0 aromatic heterocycles. The maximum absolute atomic E-state index is 7.05. The summed E-state index contributed by atoms with van der Waals surface area (Å²) in [7, 11) is 0. The van der Waals surface area contributed by atoms with Gasteiger partial charge >= 0.3 is 0 Å². The number of aryl methyl sites for hydroxylation is 1. The van der Waals surface area contributed by atoms with Crippen LogP contribution < -0.4 is 9.47 Å². The Hall–Kier alpha value is -4.03. The highest BCUT2D eigenvalue weighted by atomic mass is 16.5. The lowest BCUT2D eigenvalue weighted by molar-refractivity contribution is 0.293. The molecule has 0 heterocycles. The summed E-state index contributed by atoms with van der Waals surface area (Å²) in [6, 6.07) is 32.8. The molecule has 36 heavy (non-hydrogen) atoms. The van der Waals surface area contributed by atoms with Crippen LogP contribution in [-0.2, 0) is 0 Å². The van der Waals surface area contributed by atoms with Crippen molar-refractivity contribution in [2.24, 2.45) is 0 Å². The van der Waals surface area contributed by atoms with E-state index in [1.165, 1.54) is 29.5 Å². The fourth-order valence-electron chi connectivity index (χ4n) is 4.08. The van der Waals surface area contributed by atoms with E-state index in [1.807, 2.05) is 36.4 Å². The first-order valence-corrected chi connectivity index (χ1v) is 12.7. The highest BCUT2D eigenvalue weighted by Crippen LogP contribution is 2.25. The summed E-state index contributed by atoms with van der Waals surface area (Å²) >= 11 is 0. The van der Waals surface area contributed by atoms with Crippen LogP contribution in [0.3, 0.4) is 0 Å². The standard InChI is InChI=1S/C33H33NO2/c1-26-8-10-27(11-9-26)29-14-20-32(21-15-29)35-24-6-4-3-5-7-25-36-33-22-16-30(17-23-33)28-12-18-31(34-2)19-13-28/h8-23H,3-7,24-25H2,1H3.